The number of carbonyl (C=O) groups excluding carboxylic acids is 1. The molecule has 0 saturated heterocycles. The van der Waals surface area contributed by atoms with Crippen LogP contribution in [0.5, 0.6) is 5.75 Å². The molecule has 0 fully saturated rings. The zero-order chi connectivity index (χ0) is 17.8. The van der Waals surface area contributed by atoms with Gasteiger partial charge in [0.2, 0.25) is 0 Å². The second kappa shape index (κ2) is 7.60. The van der Waals surface area contributed by atoms with Crippen molar-refractivity contribution in [1.29, 1.82) is 0 Å². The first-order chi connectivity index (χ1) is 12.2. The van der Waals surface area contributed by atoms with E-state index in [1.807, 2.05) is 41.2 Å². The fraction of sp³-hybridized carbons (Fsp3) is 0.158. The third kappa shape index (κ3) is 3.63. The van der Waals surface area contributed by atoms with Gasteiger partial charge in [0.05, 0.1) is 23.9 Å². The highest BCUT2D eigenvalue weighted by Gasteiger charge is 2.10. The number of carbonyl (C=O) groups is 1. The summed E-state index contributed by atoms with van der Waals surface area (Å²) in [7, 11) is 1.62. The maximum absolute atomic E-state index is 12.5. The first-order valence-corrected chi connectivity index (χ1v) is 9.54. The van der Waals surface area contributed by atoms with Crippen LogP contribution in [-0.2, 0) is 6.54 Å². The minimum atomic E-state index is -0.281. The van der Waals surface area contributed by atoms with E-state index >= 15 is 0 Å². The van der Waals surface area contributed by atoms with E-state index in [1.54, 1.807) is 31.0 Å². The number of hydrogen-bond donors (Lipinski definition) is 0. The minimum absolute atomic E-state index is 0.281. The maximum atomic E-state index is 12.5. The summed E-state index contributed by atoms with van der Waals surface area (Å²) in [5.41, 5.74) is 1.49. The largest absolute Gasteiger partial charge is 0.497 e. The molecule has 0 aliphatic carbocycles. The van der Waals surface area contributed by atoms with Crippen LogP contribution in [0.3, 0.4) is 0 Å². The van der Waals surface area contributed by atoms with Gasteiger partial charge < -0.3 is 9.30 Å². The Bertz CT molecular complexity index is 1020. The summed E-state index contributed by atoms with van der Waals surface area (Å²) in [6.45, 7) is 0.351. The number of fused-ring (bicyclic) bond motifs is 1. The molecule has 0 unspecified atom stereocenters. The van der Waals surface area contributed by atoms with Crippen molar-refractivity contribution in [3.05, 3.63) is 52.8 Å². The Morgan fingerprint density at radius 2 is 2.08 bits per heavy atom. The van der Waals surface area contributed by atoms with Gasteiger partial charge in [-0.05, 0) is 48.7 Å². The van der Waals surface area contributed by atoms with Crippen molar-refractivity contribution in [3.63, 3.8) is 0 Å². The molecule has 25 heavy (non-hydrogen) atoms. The zero-order valence-electron chi connectivity index (χ0n) is 13.9. The van der Waals surface area contributed by atoms with E-state index in [9.17, 15) is 4.79 Å². The minimum Gasteiger partial charge on any atom is -0.497 e. The van der Waals surface area contributed by atoms with Crippen LogP contribution in [0.25, 0.3) is 10.2 Å². The Hall–Kier alpha value is -2.49. The molecule has 1 heterocycles. The van der Waals surface area contributed by atoms with Crippen LogP contribution in [0.15, 0.2) is 52.4 Å². The predicted molar refractivity (Wildman–Crippen MR) is 103 cm³/mol. The molecule has 0 aliphatic rings. The number of ether oxygens (including phenoxy) is 1. The highest BCUT2D eigenvalue weighted by atomic mass is 32.2. The summed E-state index contributed by atoms with van der Waals surface area (Å²) in [5, 5.41) is 0. The molecule has 0 bridgehead atoms. The van der Waals surface area contributed by atoms with Gasteiger partial charge in [0, 0.05) is 10.5 Å². The van der Waals surface area contributed by atoms with Crippen LogP contribution in [0.1, 0.15) is 10.4 Å². The molecule has 0 saturated carbocycles. The quantitative estimate of drug-likeness (QED) is 0.520. The van der Waals surface area contributed by atoms with Crippen molar-refractivity contribution in [2.24, 2.45) is 4.99 Å². The number of amides is 1. The van der Waals surface area contributed by atoms with Gasteiger partial charge in [0.15, 0.2) is 4.80 Å². The first kappa shape index (κ1) is 17.3. The van der Waals surface area contributed by atoms with Crippen molar-refractivity contribution < 1.29 is 9.53 Å². The standard InChI is InChI=1S/C19H16N2O2S2/c1-4-11-21-16-10-7-14(23-2)12-17(16)25-19(21)20-18(22)13-5-8-15(24-3)9-6-13/h1,5-10,12H,11H2,2-3H3. The summed E-state index contributed by atoms with van der Waals surface area (Å²) in [4.78, 5) is 18.5. The second-order valence-corrected chi connectivity index (χ2v) is 7.04. The Balaban J connectivity index is 2.08. The summed E-state index contributed by atoms with van der Waals surface area (Å²) in [5.74, 6) is 3.10. The second-order valence-electron chi connectivity index (χ2n) is 5.15. The van der Waals surface area contributed by atoms with Gasteiger partial charge >= 0.3 is 0 Å². The number of terminal acetylenes is 1. The third-order valence-electron chi connectivity index (χ3n) is 3.67. The molecule has 126 valence electrons. The van der Waals surface area contributed by atoms with E-state index in [1.165, 1.54) is 11.3 Å². The maximum Gasteiger partial charge on any atom is 0.279 e. The fourth-order valence-corrected chi connectivity index (χ4v) is 3.86. The molecule has 0 atom stereocenters. The number of rotatable bonds is 4. The molecular weight excluding hydrogens is 352 g/mol. The van der Waals surface area contributed by atoms with Crippen molar-refractivity contribution in [2.75, 3.05) is 13.4 Å². The average Bonchev–Trinajstić information content (AvgIpc) is 2.98. The highest BCUT2D eigenvalue weighted by molar-refractivity contribution is 7.98. The number of aromatic nitrogens is 1. The summed E-state index contributed by atoms with van der Waals surface area (Å²) < 4.78 is 8.10. The molecule has 0 radical (unpaired) electrons. The molecular formula is C19H16N2O2S2. The van der Waals surface area contributed by atoms with E-state index in [0.29, 0.717) is 16.9 Å². The molecule has 0 aliphatic heterocycles. The van der Waals surface area contributed by atoms with Gasteiger partial charge in [-0.2, -0.15) is 4.99 Å². The lowest BCUT2D eigenvalue weighted by Gasteiger charge is -2.02. The summed E-state index contributed by atoms with van der Waals surface area (Å²) in [6, 6.07) is 13.1. The normalized spacial score (nSPS) is 11.5. The molecule has 3 aromatic rings. The van der Waals surface area contributed by atoms with Crippen molar-refractivity contribution in [2.45, 2.75) is 11.4 Å². The van der Waals surface area contributed by atoms with Crippen LogP contribution < -0.4 is 9.54 Å². The third-order valence-corrected chi connectivity index (χ3v) is 5.46. The van der Waals surface area contributed by atoms with E-state index in [-0.39, 0.29) is 5.91 Å². The molecule has 0 N–H and O–H groups in total. The number of methoxy groups -OCH3 is 1. The number of benzene rings is 2. The van der Waals surface area contributed by atoms with Crippen LogP contribution >= 0.6 is 23.1 Å². The fourth-order valence-electron chi connectivity index (χ4n) is 2.39. The molecule has 1 amide bonds. The van der Waals surface area contributed by atoms with Gasteiger partial charge in [-0.1, -0.05) is 17.3 Å². The van der Waals surface area contributed by atoms with Crippen molar-refractivity contribution >= 4 is 39.2 Å². The lowest BCUT2D eigenvalue weighted by Crippen LogP contribution is -2.16. The van der Waals surface area contributed by atoms with E-state index in [4.69, 9.17) is 11.2 Å². The van der Waals surface area contributed by atoms with E-state index in [0.717, 1.165) is 20.9 Å². The molecule has 3 rings (SSSR count). The highest BCUT2D eigenvalue weighted by Crippen LogP contribution is 2.23. The molecule has 2 aromatic carbocycles. The molecule has 1 aromatic heterocycles. The number of hydrogen-bond acceptors (Lipinski definition) is 4. The van der Waals surface area contributed by atoms with Crippen molar-refractivity contribution in [3.8, 4) is 18.1 Å². The zero-order valence-corrected chi connectivity index (χ0v) is 15.5. The number of thiazole rings is 1. The van der Waals surface area contributed by atoms with Gasteiger partial charge in [0.1, 0.15) is 5.75 Å². The van der Waals surface area contributed by atoms with E-state index < -0.39 is 0 Å². The Morgan fingerprint density at radius 3 is 2.72 bits per heavy atom. The first-order valence-electron chi connectivity index (χ1n) is 7.50. The van der Waals surface area contributed by atoms with Crippen LogP contribution in [0.4, 0.5) is 0 Å². The molecule has 0 spiro atoms. The predicted octanol–water partition coefficient (Wildman–Crippen LogP) is 3.81. The Morgan fingerprint density at radius 1 is 1.32 bits per heavy atom. The Kier molecular flexibility index (Phi) is 5.27. The molecule has 4 nitrogen and oxygen atoms in total. The SMILES string of the molecule is C#CCn1c(=NC(=O)c2ccc(SC)cc2)sc2cc(OC)ccc21. The van der Waals surface area contributed by atoms with Crippen LogP contribution in [0, 0.1) is 12.3 Å². The number of nitrogens with zero attached hydrogens (tertiary/aromatic N) is 2. The van der Waals surface area contributed by atoms with Gasteiger partial charge in [-0.3, -0.25) is 4.79 Å². The van der Waals surface area contributed by atoms with Gasteiger partial charge in [-0.25, -0.2) is 0 Å². The monoisotopic (exact) mass is 368 g/mol. The lowest BCUT2D eigenvalue weighted by molar-refractivity contribution is 0.0998. The smallest absolute Gasteiger partial charge is 0.279 e. The van der Waals surface area contributed by atoms with Crippen LogP contribution in [-0.4, -0.2) is 23.8 Å². The number of thioether (sulfide) groups is 1. The lowest BCUT2D eigenvalue weighted by atomic mass is 10.2. The van der Waals surface area contributed by atoms with Crippen molar-refractivity contribution in [1.82, 2.24) is 4.57 Å². The average molecular weight is 368 g/mol. The van der Waals surface area contributed by atoms with Gasteiger partial charge in [0.25, 0.3) is 5.91 Å². The Labute approximate surface area is 154 Å². The molecule has 6 heteroatoms. The van der Waals surface area contributed by atoms with E-state index in [2.05, 4.69) is 10.9 Å². The topological polar surface area (TPSA) is 43.6 Å². The summed E-state index contributed by atoms with van der Waals surface area (Å²) >= 11 is 3.05. The summed E-state index contributed by atoms with van der Waals surface area (Å²) in [6.07, 6.45) is 7.49. The van der Waals surface area contributed by atoms with Gasteiger partial charge in [-0.15, -0.1) is 18.2 Å². The van der Waals surface area contributed by atoms with Crippen LogP contribution in [0.2, 0.25) is 0 Å².